The van der Waals surface area contributed by atoms with E-state index in [9.17, 15) is 0 Å². The van der Waals surface area contributed by atoms with E-state index in [-0.39, 0.29) is 11.9 Å². The van der Waals surface area contributed by atoms with Crippen LogP contribution in [0, 0.1) is 5.41 Å². The minimum absolute atomic E-state index is 0.0769. The quantitative estimate of drug-likeness (QED) is 0.487. The summed E-state index contributed by atoms with van der Waals surface area (Å²) in [5.41, 5.74) is 5.34. The number of rotatable bonds is 5. The minimum atomic E-state index is -0.192. The van der Waals surface area contributed by atoms with Gasteiger partial charge in [0.1, 0.15) is 11.9 Å². The molecule has 3 N–H and O–H groups in total. The van der Waals surface area contributed by atoms with Gasteiger partial charge in [0, 0.05) is 12.5 Å². The van der Waals surface area contributed by atoms with Crippen LogP contribution < -0.4 is 10.5 Å². The van der Waals surface area contributed by atoms with E-state index < -0.39 is 0 Å². The first-order valence-electron chi connectivity index (χ1n) is 5.08. The fourth-order valence-electron chi connectivity index (χ4n) is 1.29. The standard InChI is InChI=1S/C11H13Cl3N2O/c1-2-6(3-11(15)16)17-10-5-8(13)7(12)4-9(10)14/h4-6H,2-3H2,1H3,(H3,15,16). The minimum Gasteiger partial charge on any atom is -0.488 e. The van der Waals surface area contributed by atoms with E-state index >= 15 is 0 Å². The van der Waals surface area contributed by atoms with Crippen LogP contribution in [0.15, 0.2) is 12.1 Å². The zero-order chi connectivity index (χ0) is 13.0. The average Bonchev–Trinajstić information content (AvgIpc) is 2.24. The van der Waals surface area contributed by atoms with Crippen LogP contribution in [0.2, 0.25) is 15.1 Å². The van der Waals surface area contributed by atoms with Crippen molar-refractivity contribution in [1.82, 2.24) is 0 Å². The molecule has 0 radical (unpaired) electrons. The maximum atomic E-state index is 7.24. The van der Waals surface area contributed by atoms with Gasteiger partial charge >= 0.3 is 0 Å². The molecule has 0 saturated heterocycles. The highest BCUT2D eigenvalue weighted by Gasteiger charge is 2.13. The smallest absolute Gasteiger partial charge is 0.139 e. The zero-order valence-corrected chi connectivity index (χ0v) is 11.5. The third-order valence-electron chi connectivity index (χ3n) is 2.17. The van der Waals surface area contributed by atoms with Crippen molar-refractivity contribution in [1.29, 1.82) is 5.41 Å². The molecular weight excluding hydrogens is 282 g/mol. The van der Waals surface area contributed by atoms with Crippen LogP contribution in [0.5, 0.6) is 5.75 Å². The molecule has 3 nitrogen and oxygen atoms in total. The van der Waals surface area contributed by atoms with Crippen molar-refractivity contribution in [2.45, 2.75) is 25.9 Å². The summed E-state index contributed by atoms with van der Waals surface area (Å²) in [5.74, 6) is 0.530. The molecule has 0 aliphatic heterocycles. The third kappa shape index (κ3) is 4.26. The largest absolute Gasteiger partial charge is 0.488 e. The second-order valence-electron chi connectivity index (χ2n) is 3.57. The molecule has 17 heavy (non-hydrogen) atoms. The predicted molar refractivity (Wildman–Crippen MR) is 72.7 cm³/mol. The van der Waals surface area contributed by atoms with Gasteiger partial charge in [-0.3, -0.25) is 5.41 Å². The van der Waals surface area contributed by atoms with E-state index in [1.807, 2.05) is 6.92 Å². The van der Waals surface area contributed by atoms with E-state index in [4.69, 9.17) is 50.7 Å². The molecule has 0 aliphatic rings. The van der Waals surface area contributed by atoms with Gasteiger partial charge in [-0.15, -0.1) is 0 Å². The van der Waals surface area contributed by atoms with E-state index in [1.54, 1.807) is 6.07 Å². The summed E-state index contributed by atoms with van der Waals surface area (Å²) in [6.07, 6.45) is 0.880. The van der Waals surface area contributed by atoms with Gasteiger partial charge in [0.05, 0.1) is 20.9 Å². The van der Waals surface area contributed by atoms with E-state index in [1.165, 1.54) is 6.07 Å². The van der Waals surface area contributed by atoms with Gasteiger partial charge < -0.3 is 10.5 Å². The summed E-state index contributed by atoms with van der Waals surface area (Å²) in [5, 5.41) is 8.39. The van der Waals surface area contributed by atoms with Gasteiger partial charge in [-0.1, -0.05) is 41.7 Å². The highest BCUT2D eigenvalue weighted by Crippen LogP contribution is 2.34. The molecule has 0 bridgehead atoms. The maximum Gasteiger partial charge on any atom is 0.139 e. The molecule has 94 valence electrons. The lowest BCUT2D eigenvalue weighted by atomic mass is 10.2. The molecule has 1 aromatic rings. The summed E-state index contributed by atoms with van der Waals surface area (Å²) < 4.78 is 5.65. The predicted octanol–water partition coefficient (Wildman–Crippen LogP) is 4.13. The number of benzene rings is 1. The van der Waals surface area contributed by atoms with Gasteiger partial charge in [-0.2, -0.15) is 0 Å². The van der Waals surface area contributed by atoms with Gasteiger partial charge in [0.25, 0.3) is 0 Å². The van der Waals surface area contributed by atoms with Crippen molar-refractivity contribution in [2.24, 2.45) is 5.73 Å². The Labute approximate surface area is 115 Å². The lowest BCUT2D eigenvalue weighted by Gasteiger charge is -2.18. The maximum absolute atomic E-state index is 7.24. The molecule has 0 spiro atoms. The average molecular weight is 296 g/mol. The van der Waals surface area contributed by atoms with E-state index in [0.717, 1.165) is 6.42 Å². The summed E-state index contributed by atoms with van der Waals surface area (Å²) in [6.45, 7) is 1.94. The normalized spacial score (nSPS) is 12.2. The molecule has 0 saturated carbocycles. The molecule has 0 heterocycles. The molecule has 0 aromatic heterocycles. The molecule has 1 unspecified atom stereocenters. The first kappa shape index (κ1) is 14.4. The SMILES string of the molecule is CCC(CC(=N)N)Oc1cc(Cl)c(Cl)cc1Cl. The Hall–Kier alpha value is -0.640. The lowest BCUT2D eigenvalue weighted by molar-refractivity contribution is 0.205. The van der Waals surface area contributed by atoms with Crippen molar-refractivity contribution in [3.8, 4) is 5.75 Å². The van der Waals surface area contributed by atoms with Crippen molar-refractivity contribution < 1.29 is 4.74 Å². The number of hydrogen-bond acceptors (Lipinski definition) is 2. The highest BCUT2D eigenvalue weighted by atomic mass is 35.5. The third-order valence-corrected chi connectivity index (χ3v) is 3.19. The van der Waals surface area contributed by atoms with Crippen LogP contribution in [-0.4, -0.2) is 11.9 Å². The first-order valence-corrected chi connectivity index (χ1v) is 6.21. The van der Waals surface area contributed by atoms with Gasteiger partial charge in [-0.25, -0.2) is 0 Å². The topological polar surface area (TPSA) is 59.1 Å². The molecule has 1 rings (SSSR count). The van der Waals surface area contributed by atoms with Crippen molar-refractivity contribution >= 4 is 40.6 Å². The van der Waals surface area contributed by atoms with Crippen LogP contribution in [0.25, 0.3) is 0 Å². The van der Waals surface area contributed by atoms with Gasteiger partial charge in [-0.05, 0) is 12.5 Å². The van der Waals surface area contributed by atoms with Crippen molar-refractivity contribution in [3.05, 3.63) is 27.2 Å². The molecule has 1 aromatic carbocycles. The van der Waals surface area contributed by atoms with E-state index in [2.05, 4.69) is 0 Å². The Morgan fingerprint density at radius 1 is 1.29 bits per heavy atom. The number of halogens is 3. The van der Waals surface area contributed by atoms with Crippen LogP contribution >= 0.6 is 34.8 Å². The number of amidine groups is 1. The molecular formula is C11H13Cl3N2O. The molecule has 0 aliphatic carbocycles. The summed E-state index contributed by atoms with van der Waals surface area (Å²) in [4.78, 5) is 0. The Morgan fingerprint density at radius 3 is 2.41 bits per heavy atom. The monoisotopic (exact) mass is 294 g/mol. The number of nitrogens with one attached hydrogen (secondary N) is 1. The van der Waals surface area contributed by atoms with Crippen molar-refractivity contribution in [3.63, 3.8) is 0 Å². The summed E-state index contributed by atoms with van der Waals surface area (Å²) in [6, 6.07) is 3.09. The number of hydrogen-bond donors (Lipinski definition) is 2. The Balaban J connectivity index is 2.86. The Bertz CT molecular complexity index is 423. The van der Waals surface area contributed by atoms with E-state index in [0.29, 0.717) is 27.2 Å². The molecule has 6 heteroatoms. The first-order chi connectivity index (χ1) is 7.93. The molecule has 1 atom stereocenters. The van der Waals surface area contributed by atoms with Gasteiger partial charge in [0.2, 0.25) is 0 Å². The zero-order valence-electron chi connectivity index (χ0n) is 9.27. The highest BCUT2D eigenvalue weighted by molar-refractivity contribution is 6.43. The van der Waals surface area contributed by atoms with Crippen LogP contribution in [-0.2, 0) is 0 Å². The number of ether oxygens (including phenoxy) is 1. The molecule has 0 amide bonds. The van der Waals surface area contributed by atoms with Crippen molar-refractivity contribution in [2.75, 3.05) is 0 Å². The second-order valence-corrected chi connectivity index (χ2v) is 4.80. The van der Waals surface area contributed by atoms with Gasteiger partial charge in [0.15, 0.2) is 0 Å². The Kier molecular flexibility index (Phi) is 5.37. The van der Waals surface area contributed by atoms with Crippen LogP contribution in [0.1, 0.15) is 19.8 Å². The second kappa shape index (κ2) is 6.34. The summed E-state index contributed by atoms with van der Waals surface area (Å²) >= 11 is 17.7. The fraction of sp³-hybridized carbons (Fsp3) is 0.364. The summed E-state index contributed by atoms with van der Waals surface area (Å²) in [7, 11) is 0. The Morgan fingerprint density at radius 2 is 1.88 bits per heavy atom. The lowest BCUT2D eigenvalue weighted by Crippen LogP contribution is -2.24. The van der Waals surface area contributed by atoms with Crippen LogP contribution in [0.4, 0.5) is 0 Å². The molecule has 0 fully saturated rings. The number of nitrogens with two attached hydrogens (primary N) is 1. The van der Waals surface area contributed by atoms with Crippen LogP contribution in [0.3, 0.4) is 0 Å². The fourth-order valence-corrected chi connectivity index (χ4v) is 1.87.